The van der Waals surface area contributed by atoms with Crippen LogP contribution in [0.4, 0.5) is 0 Å². The first-order chi connectivity index (χ1) is 8.84. The first-order valence-electron chi connectivity index (χ1n) is 5.03. The van der Waals surface area contributed by atoms with Crippen molar-refractivity contribution in [1.29, 1.82) is 0 Å². The fourth-order valence-electron chi connectivity index (χ4n) is 0. The average Bonchev–Trinajstić information content (AvgIpc) is 2.13. The summed E-state index contributed by atoms with van der Waals surface area (Å²) in [5, 5.41) is 29.7. The summed E-state index contributed by atoms with van der Waals surface area (Å²) in [6.45, 7) is 5.53. The number of carboxylic acid groups (broad SMARTS) is 4. The molecule has 0 unspecified atom stereocenters. The van der Waals surface area contributed by atoms with Crippen molar-refractivity contribution in [3.8, 4) is 0 Å². The van der Waals surface area contributed by atoms with Crippen LogP contribution in [0.5, 0.6) is 0 Å². The van der Waals surface area contributed by atoms with Crippen LogP contribution in [0.1, 0.15) is 27.7 Å². The van der Waals surface area contributed by atoms with E-state index in [9.17, 15) is 0 Å². The molecule has 0 bridgehead atoms. The van der Waals surface area contributed by atoms with E-state index < -0.39 is 23.9 Å². The molecular weight excluding hydrogens is 485 g/mol. The molecule has 0 rings (SSSR count). The molecule has 0 saturated heterocycles. The molecule has 0 fully saturated rings. The van der Waals surface area contributed by atoms with Gasteiger partial charge in [0.2, 0.25) is 0 Å². The SMILES string of the molecule is CC(=O)O.CC(=O)O.CC(=O)O.CC(=O)O.NCCN.[Bi]. The number of aliphatic carboxylic acids is 4. The molecule has 0 aliphatic heterocycles. The second kappa shape index (κ2) is 36.3. The summed E-state index contributed by atoms with van der Waals surface area (Å²) in [5.74, 6) is -3.33. The number of rotatable bonds is 1. The minimum absolute atomic E-state index is 0. The Hall–Kier alpha value is -1.32. The van der Waals surface area contributed by atoms with Crippen LogP contribution in [0.25, 0.3) is 0 Å². The Balaban J connectivity index is -0.0000000331. The summed E-state index contributed by atoms with van der Waals surface area (Å²) in [6.07, 6.45) is 0. The molecule has 10 nitrogen and oxygen atoms in total. The van der Waals surface area contributed by atoms with E-state index >= 15 is 0 Å². The van der Waals surface area contributed by atoms with E-state index in [0.717, 1.165) is 27.7 Å². The predicted molar refractivity (Wildman–Crippen MR) is 77.1 cm³/mol. The Morgan fingerprint density at radius 1 is 0.619 bits per heavy atom. The summed E-state index contributed by atoms with van der Waals surface area (Å²) in [7, 11) is 0. The third-order valence-electron chi connectivity index (χ3n) is 0.167. The Kier molecular flexibility index (Phi) is 63.5. The zero-order valence-electron chi connectivity index (χ0n) is 12.4. The Morgan fingerprint density at radius 2 is 0.667 bits per heavy atom. The van der Waals surface area contributed by atoms with Gasteiger partial charge in [-0.05, 0) is 0 Å². The molecule has 8 N–H and O–H groups in total. The second-order valence-electron chi connectivity index (χ2n) is 2.65. The second-order valence-corrected chi connectivity index (χ2v) is 2.65. The standard InChI is InChI=1S/C2H8N2.4C2H4O2.Bi/c3-1-2-4;4*1-2(3)4;/h1-4H2;4*1H3,(H,3,4);. The molecule has 0 amide bonds. The van der Waals surface area contributed by atoms with Crippen LogP contribution < -0.4 is 11.5 Å². The van der Waals surface area contributed by atoms with Crippen molar-refractivity contribution >= 4 is 50.1 Å². The quantitative estimate of drug-likeness (QED) is 0.235. The Morgan fingerprint density at radius 3 is 0.667 bits per heavy atom. The number of carbonyl (C=O) groups is 4. The van der Waals surface area contributed by atoms with Gasteiger partial charge in [-0.25, -0.2) is 0 Å². The van der Waals surface area contributed by atoms with Crippen LogP contribution >= 0.6 is 0 Å². The Labute approximate surface area is 142 Å². The molecule has 0 aliphatic rings. The van der Waals surface area contributed by atoms with Gasteiger partial charge >= 0.3 is 0 Å². The third-order valence-corrected chi connectivity index (χ3v) is 0.167. The van der Waals surface area contributed by atoms with Crippen LogP contribution in [-0.4, -0.2) is 83.6 Å². The average molecular weight is 509 g/mol. The molecule has 11 heteroatoms. The molecule has 127 valence electrons. The number of hydrogen-bond acceptors (Lipinski definition) is 6. The number of hydrogen-bond donors (Lipinski definition) is 6. The zero-order chi connectivity index (χ0) is 17.7. The zero-order valence-corrected chi connectivity index (χ0v) is 15.9. The van der Waals surface area contributed by atoms with Gasteiger partial charge in [0.15, 0.2) is 0 Å². The molecule has 0 saturated carbocycles. The minimum atomic E-state index is -0.833. The van der Waals surface area contributed by atoms with Crippen LogP contribution in [0.2, 0.25) is 0 Å². The fraction of sp³-hybridized carbons (Fsp3) is 0.600. The van der Waals surface area contributed by atoms with Gasteiger partial charge in [0, 0.05) is 67.0 Å². The molecule has 21 heavy (non-hydrogen) atoms. The van der Waals surface area contributed by atoms with Gasteiger partial charge in [-0.1, -0.05) is 0 Å². The topological polar surface area (TPSA) is 201 Å². The van der Waals surface area contributed by atoms with Gasteiger partial charge in [0.1, 0.15) is 0 Å². The summed E-state index contributed by atoms with van der Waals surface area (Å²) in [6, 6.07) is 0. The van der Waals surface area contributed by atoms with E-state index in [0.29, 0.717) is 13.1 Å². The van der Waals surface area contributed by atoms with Gasteiger partial charge in [-0.3, -0.25) is 19.2 Å². The molecular formula is C10H24BiN2O8. The molecule has 0 spiro atoms. The van der Waals surface area contributed by atoms with Crippen LogP contribution in [0.15, 0.2) is 0 Å². The van der Waals surface area contributed by atoms with E-state index in [1.807, 2.05) is 0 Å². The molecule has 0 aromatic rings. The van der Waals surface area contributed by atoms with Crippen molar-refractivity contribution in [3.63, 3.8) is 0 Å². The van der Waals surface area contributed by atoms with Gasteiger partial charge in [0.05, 0.1) is 0 Å². The summed E-state index contributed by atoms with van der Waals surface area (Å²) < 4.78 is 0. The smallest absolute Gasteiger partial charge is 0.300 e. The normalized spacial score (nSPS) is 6.19. The molecule has 0 aromatic carbocycles. The maximum atomic E-state index is 9.00. The van der Waals surface area contributed by atoms with Crippen molar-refractivity contribution in [2.24, 2.45) is 11.5 Å². The monoisotopic (exact) mass is 509 g/mol. The van der Waals surface area contributed by atoms with E-state index in [1.165, 1.54) is 0 Å². The van der Waals surface area contributed by atoms with E-state index in [1.54, 1.807) is 0 Å². The molecule has 0 aliphatic carbocycles. The summed E-state index contributed by atoms with van der Waals surface area (Å²) in [5.41, 5.74) is 9.81. The first-order valence-corrected chi connectivity index (χ1v) is 5.03. The largest absolute Gasteiger partial charge is 0.481 e. The third kappa shape index (κ3) is 51800. The van der Waals surface area contributed by atoms with Gasteiger partial charge in [-0.2, -0.15) is 0 Å². The summed E-state index contributed by atoms with van der Waals surface area (Å²) >= 11 is 0. The van der Waals surface area contributed by atoms with Gasteiger partial charge in [0.25, 0.3) is 23.9 Å². The van der Waals surface area contributed by atoms with Crippen molar-refractivity contribution < 1.29 is 39.6 Å². The Bertz CT molecular complexity index is 195. The van der Waals surface area contributed by atoms with Crippen LogP contribution in [0, 0.1) is 0 Å². The van der Waals surface area contributed by atoms with Gasteiger partial charge in [-0.15, -0.1) is 0 Å². The van der Waals surface area contributed by atoms with Crippen molar-refractivity contribution in [3.05, 3.63) is 0 Å². The number of carboxylic acids is 4. The molecule has 3 radical (unpaired) electrons. The van der Waals surface area contributed by atoms with Crippen LogP contribution in [-0.2, 0) is 19.2 Å². The van der Waals surface area contributed by atoms with Gasteiger partial charge < -0.3 is 31.9 Å². The van der Waals surface area contributed by atoms with Crippen molar-refractivity contribution in [2.45, 2.75) is 27.7 Å². The maximum Gasteiger partial charge on any atom is 0.300 e. The van der Waals surface area contributed by atoms with E-state index in [4.69, 9.17) is 51.1 Å². The van der Waals surface area contributed by atoms with E-state index in [-0.39, 0.29) is 26.2 Å². The van der Waals surface area contributed by atoms with Crippen molar-refractivity contribution in [2.75, 3.05) is 13.1 Å². The fourth-order valence-corrected chi connectivity index (χ4v) is 0. The van der Waals surface area contributed by atoms with E-state index in [2.05, 4.69) is 0 Å². The maximum absolute atomic E-state index is 9.00. The molecule has 0 atom stereocenters. The summed E-state index contributed by atoms with van der Waals surface area (Å²) in [4.78, 5) is 36.0. The van der Waals surface area contributed by atoms with Crippen LogP contribution in [0.3, 0.4) is 0 Å². The number of nitrogens with two attached hydrogens (primary N) is 2. The molecule has 0 heterocycles. The first kappa shape index (κ1) is 36.7. The molecule has 0 aromatic heterocycles. The van der Waals surface area contributed by atoms with Crippen molar-refractivity contribution in [1.82, 2.24) is 0 Å². The predicted octanol–water partition coefficient (Wildman–Crippen LogP) is -1.11. The minimum Gasteiger partial charge on any atom is -0.481 e.